The van der Waals surface area contributed by atoms with E-state index < -0.39 is 11.7 Å². The Morgan fingerprint density at radius 3 is 2.17 bits per heavy atom. The largest absolute Gasteiger partial charge is 0.416 e. The molecule has 2 rings (SSSR count). The van der Waals surface area contributed by atoms with Gasteiger partial charge in [-0.05, 0) is 36.6 Å². The van der Waals surface area contributed by atoms with Gasteiger partial charge >= 0.3 is 6.18 Å². The fourth-order valence-corrected chi connectivity index (χ4v) is 2.44. The third-order valence-electron chi connectivity index (χ3n) is 3.87. The van der Waals surface area contributed by atoms with Crippen LogP contribution in [-0.2, 0) is 15.8 Å². The number of piperidine rings is 1. The Morgan fingerprint density at radius 1 is 1.13 bits per heavy atom. The molecular formula is C16H17F3N2O2. The first-order valence-corrected chi connectivity index (χ1v) is 7.21. The van der Waals surface area contributed by atoms with Gasteiger partial charge in [0.25, 0.3) is 0 Å². The number of carbonyl (C=O) groups is 2. The minimum atomic E-state index is -4.37. The van der Waals surface area contributed by atoms with Crippen LogP contribution in [0, 0.1) is 5.92 Å². The molecule has 0 spiro atoms. The number of hydrogen-bond donors (Lipinski definition) is 1. The summed E-state index contributed by atoms with van der Waals surface area (Å²) in [5, 5.41) is 0. The fraction of sp³-hybridized carbons (Fsp3) is 0.375. The second kappa shape index (κ2) is 6.85. The Bertz CT molecular complexity index is 601. The maximum absolute atomic E-state index is 12.5. The number of hydrogen-bond acceptors (Lipinski definition) is 2. The highest BCUT2D eigenvalue weighted by atomic mass is 19.4. The van der Waals surface area contributed by atoms with Crippen molar-refractivity contribution in [2.45, 2.75) is 19.0 Å². The number of nitrogens with two attached hydrogens (primary N) is 1. The van der Waals surface area contributed by atoms with E-state index in [4.69, 9.17) is 5.73 Å². The number of carbonyl (C=O) groups excluding carboxylic acids is 2. The Hall–Kier alpha value is -2.31. The van der Waals surface area contributed by atoms with Crippen molar-refractivity contribution >= 4 is 17.9 Å². The molecule has 124 valence electrons. The van der Waals surface area contributed by atoms with Gasteiger partial charge in [-0.25, -0.2) is 0 Å². The van der Waals surface area contributed by atoms with E-state index in [1.807, 2.05) is 0 Å². The molecule has 0 unspecified atom stereocenters. The Labute approximate surface area is 131 Å². The van der Waals surface area contributed by atoms with Gasteiger partial charge in [-0.3, -0.25) is 9.59 Å². The SMILES string of the molecule is NC(=O)C1CCN(C(=O)/C=C/c2ccc(C(F)(F)F)cc2)CC1. The van der Waals surface area contributed by atoms with E-state index in [1.165, 1.54) is 24.3 Å². The molecule has 0 atom stereocenters. The van der Waals surface area contributed by atoms with Gasteiger partial charge in [0.05, 0.1) is 5.56 Å². The van der Waals surface area contributed by atoms with E-state index in [0.29, 0.717) is 31.5 Å². The first kappa shape index (κ1) is 17.1. The van der Waals surface area contributed by atoms with Gasteiger partial charge in [-0.15, -0.1) is 0 Å². The van der Waals surface area contributed by atoms with Crippen LogP contribution >= 0.6 is 0 Å². The van der Waals surface area contributed by atoms with Gasteiger partial charge in [0.1, 0.15) is 0 Å². The normalized spacial score (nSPS) is 16.7. The highest BCUT2D eigenvalue weighted by molar-refractivity contribution is 5.92. The van der Waals surface area contributed by atoms with Gasteiger partial charge in [-0.1, -0.05) is 12.1 Å². The minimum absolute atomic E-state index is 0.196. The molecule has 23 heavy (non-hydrogen) atoms. The molecule has 2 amide bonds. The Morgan fingerprint density at radius 2 is 1.70 bits per heavy atom. The summed E-state index contributed by atoms with van der Waals surface area (Å²) in [6.07, 6.45) is -0.497. The second-order valence-corrected chi connectivity index (χ2v) is 5.46. The number of alkyl halides is 3. The van der Waals surface area contributed by atoms with Gasteiger partial charge in [0.15, 0.2) is 0 Å². The minimum Gasteiger partial charge on any atom is -0.369 e. The van der Waals surface area contributed by atoms with Crippen LogP contribution < -0.4 is 5.73 Å². The number of primary amides is 1. The van der Waals surface area contributed by atoms with Crippen molar-refractivity contribution in [1.82, 2.24) is 4.90 Å². The van der Waals surface area contributed by atoms with Gasteiger partial charge in [0.2, 0.25) is 11.8 Å². The lowest BCUT2D eigenvalue weighted by Gasteiger charge is -2.29. The lowest BCUT2D eigenvalue weighted by Crippen LogP contribution is -2.41. The summed E-state index contributed by atoms with van der Waals surface area (Å²) < 4.78 is 37.4. The molecule has 0 radical (unpaired) electrons. The quantitative estimate of drug-likeness (QED) is 0.867. The molecule has 1 saturated heterocycles. The van der Waals surface area contributed by atoms with Crippen LogP contribution in [0.4, 0.5) is 13.2 Å². The van der Waals surface area contributed by atoms with E-state index in [-0.39, 0.29) is 17.7 Å². The van der Waals surface area contributed by atoms with Crippen LogP contribution in [0.15, 0.2) is 30.3 Å². The summed E-state index contributed by atoms with van der Waals surface area (Å²) in [6.45, 7) is 0.896. The molecule has 2 N–H and O–H groups in total. The molecule has 4 nitrogen and oxygen atoms in total. The number of amides is 2. The van der Waals surface area contributed by atoms with Crippen LogP contribution in [0.5, 0.6) is 0 Å². The smallest absolute Gasteiger partial charge is 0.369 e. The second-order valence-electron chi connectivity index (χ2n) is 5.46. The fourth-order valence-electron chi connectivity index (χ4n) is 2.44. The van der Waals surface area contributed by atoms with Crippen molar-refractivity contribution < 1.29 is 22.8 Å². The zero-order valence-corrected chi connectivity index (χ0v) is 12.3. The van der Waals surface area contributed by atoms with E-state index in [2.05, 4.69) is 0 Å². The molecule has 1 heterocycles. The lowest BCUT2D eigenvalue weighted by atomic mass is 9.96. The zero-order valence-electron chi connectivity index (χ0n) is 12.3. The summed E-state index contributed by atoms with van der Waals surface area (Å²) in [7, 11) is 0. The standard InChI is InChI=1S/C16H17F3N2O2/c17-16(18,19)13-4-1-11(2-5-13)3-6-14(22)21-9-7-12(8-10-21)15(20)23/h1-6,12H,7-10H2,(H2,20,23)/b6-3+. The van der Waals surface area contributed by atoms with E-state index in [1.54, 1.807) is 4.90 Å². The Balaban J connectivity index is 1.93. The third-order valence-corrected chi connectivity index (χ3v) is 3.87. The van der Waals surface area contributed by atoms with Crippen LogP contribution in [0.25, 0.3) is 6.08 Å². The van der Waals surface area contributed by atoms with Gasteiger partial charge < -0.3 is 10.6 Å². The number of halogens is 3. The van der Waals surface area contributed by atoms with E-state index in [9.17, 15) is 22.8 Å². The van der Waals surface area contributed by atoms with Crippen molar-refractivity contribution in [2.24, 2.45) is 11.7 Å². The summed E-state index contributed by atoms with van der Waals surface area (Å²) in [6, 6.07) is 4.57. The maximum Gasteiger partial charge on any atom is 0.416 e. The van der Waals surface area contributed by atoms with Crippen molar-refractivity contribution in [3.8, 4) is 0 Å². The van der Waals surface area contributed by atoms with Crippen LogP contribution in [0.3, 0.4) is 0 Å². The first-order chi connectivity index (χ1) is 10.8. The highest BCUT2D eigenvalue weighted by Gasteiger charge is 2.29. The van der Waals surface area contributed by atoms with E-state index in [0.717, 1.165) is 12.1 Å². The van der Waals surface area contributed by atoms with Crippen molar-refractivity contribution in [1.29, 1.82) is 0 Å². The van der Waals surface area contributed by atoms with Crippen LogP contribution in [0.2, 0.25) is 0 Å². The highest BCUT2D eigenvalue weighted by Crippen LogP contribution is 2.29. The van der Waals surface area contributed by atoms with Gasteiger partial charge in [0, 0.05) is 25.1 Å². The summed E-state index contributed by atoms with van der Waals surface area (Å²) >= 11 is 0. The van der Waals surface area contributed by atoms with E-state index >= 15 is 0 Å². The maximum atomic E-state index is 12.5. The summed E-state index contributed by atoms with van der Waals surface area (Å²) in [4.78, 5) is 24.7. The number of nitrogens with zero attached hydrogens (tertiary/aromatic N) is 1. The summed E-state index contributed by atoms with van der Waals surface area (Å²) in [5.74, 6) is -0.775. The molecule has 1 aliphatic rings. The molecule has 0 bridgehead atoms. The average Bonchev–Trinajstić information content (AvgIpc) is 2.52. The van der Waals surface area contributed by atoms with Crippen LogP contribution in [0.1, 0.15) is 24.0 Å². The molecule has 1 aromatic carbocycles. The molecule has 0 aliphatic carbocycles. The van der Waals surface area contributed by atoms with Crippen molar-refractivity contribution in [2.75, 3.05) is 13.1 Å². The molecule has 1 fully saturated rings. The summed E-state index contributed by atoms with van der Waals surface area (Å²) in [5.41, 5.74) is 5.01. The third kappa shape index (κ3) is 4.58. The predicted molar refractivity (Wildman–Crippen MR) is 79.0 cm³/mol. The monoisotopic (exact) mass is 326 g/mol. The number of benzene rings is 1. The molecule has 0 saturated carbocycles. The number of rotatable bonds is 3. The van der Waals surface area contributed by atoms with Crippen molar-refractivity contribution in [3.63, 3.8) is 0 Å². The first-order valence-electron chi connectivity index (χ1n) is 7.21. The lowest BCUT2D eigenvalue weighted by molar-refractivity contribution is -0.137. The topological polar surface area (TPSA) is 63.4 Å². The molecular weight excluding hydrogens is 309 g/mol. The molecule has 0 aromatic heterocycles. The average molecular weight is 326 g/mol. The predicted octanol–water partition coefficient (Wildman–Crippen LogP) is 2.44. The number of likely N-dealkylation sites (tertiary alicyclic amines) is 1. The van der Waals surface area contributed by atoms with Crippen molar-refractivity contribution in [3.05, 3.63) is 41.5 Å². The zero-order chi connectivity index (χ0) is 17.0. The molecule has 1 aliphatic heterocycles. The Kier molecular flexibility index (Phi) is 5.08. The molecule has 1 aromatic rings. The van der Waals surface area contributed by atoms with Crippen LogP contribution in [-0.4, -0.2) is 29.8 Å². The van der Waals surface area contributed by atoms with Gasteiger partial charge in [-0.2, -0.15) is 13.2 Å². The molecule has 7 heteroatoms.